The number of imidazole rings is 1. The molecule has 1 atom stereocenters. The van der Waals surface area contributed by atoms with Crippen molar-refractivity contribution in [2.75, 3.05) is 18.6 Å². The number of hydrogen-bond acceptors (Lipinski definition) is 8. The summed E-state index contributed by atoms with van der Waals surface area (Å²) in [6.45, 7) is 11.5. The fourth-order valence-corrected chi connectivity index (χ4v) is 8.65. The van der Waals surface area contributed by atoms with Crippen molar-refractivity contribution >= 4 is 48.8 Å². The minimum absolute atomic E-state index is 0.0134. The molecule has 0 radical (unpaired) electrons. The summed E-state index contributed by atoms with van der Waals surface area (Å²) in [7, 11) is 0.443. The van der Waals surface area contributed by atoms with E-state index in [0.717, 1.165) is 36.7 Å². The van der Waals surface area contributed by atoms with Gasteiger partial charge in [-0.25, -0.2) is 9.78 Å². The maximum Gasteiger partial charge on any atom is 0.347 e. The van der Waals surface area contributed by atoms with E-state index in [0.29, 0.717) is 28.0 Å². The van der Waals surface area contributed by atoms with Crippen molar-refractivity contribution in [3.63, 3.8) is 0 Å². The summed E-state index contributed by atoms with van der Waals surface area (Å²) < 4.78 is 13.9. The molecule has 2 fully saturated rings. The number of nitrogens with zero attached hydrogens (tertiary/aromatic N) is 4. The van der Waals surface area contributed by atoms with Crippen LogP contribution in [0, 0.1) is 10.1 Å². The highest BCUT2D eigenvalue weighted by atomic mass is 32.1. The van der Waals surface area contributed by atoms with Gasteiger partial charge >= 0.3 is 11.7 Å². The Balaban J connectivity index is 1.58. The molecule has 11 heteroatoms. The summed E-state index contributed by atoms with van der Waals surface area (Å²) in [4.78, 5) is 32.6. The lowest BCUT2D eigenvalue weighted by molar-refractivity contribution is -0.384. The maximum absolute atomic E-state index is 13.2. The Morgan fingerprint density at radius 1 is 1.12 bits per heavy atom. The van der Waals surface area contributed by atoms with Crippen LogP contribution in [-0.4, -0.2) is 55.5 Å². The number of carbonyl (C=O) groups is 1. The van der Waals surface area contributed by atoms with Crippen LogP contribution in [0.3, 0.4) is 0 Å². The smallest absolute Gasteiger partial charge is 0.347 e. The summed E-state index contributed by atoms with van der Waals surface area (Å²) in [5, 5.41) is 13.3. The van der Waals surface area contributed by atoms with Gasteiger partial charge in [-0.05, 0) is 56.7 Å². The van der Waals surface area contributed by atoms with Gasteiger partial charge in [0.15, 0.2) is 15.3 Å². The summed E-state index contributed by atoms with van der Waals surface area (Å²) in [6.07, 6.45) is 9.71. The summed E-state index contributed by atoms with van der Waals surface area (Å²) in [5.41, 5.74) is 1.89. The van der Waals surface area contributed by atoms with E-state index in [9.17, 15) is 14.9 Å². The fourth-order valence-electron chi connectivity index (χ4n) is 6.32. The average molecular weight is 599 g/mol. The fraction of sp³-hybridized carbons (Fsp3) is 0.600. The maximum atomic E-state index is 13.2. The first-order chi connectivity index (χ1) is 19.4. The van der Waals surface area contributed by atoms with E-state index < -0.39 is 26.3 Å². The number of esters is 1. The molecule has 1 aromatic carbocycles. The van der Waals surface area contributed by atoms with Gasteiger partial charge in [0.1, 0.15) is 9.88 Å². The van der Waals surface area contributed by atoms with E-state index in [1.807, 2.05) is 24.5 Å². The van der Waals surface area contributed by atoms with Crippen LogP contribution in [0.15, 0.2) is 24.5 Å². The Kier molecular flexibility index (Phi) is 8.33. The molecule has 1 aliphatic carbocycles. The van der Waals surface area contributed by atoms with Gasteiger partial charge in [-0.15, -0.1) is 11.3 Å². The van der Waals surface area contributed by atoms with Crippen molar-refractivity contribution in [3.8, 4) is 10.4 Å². The third-order valence-electron chi connectivity index (χ3n) is 8.43. The molecule has 3 heterocycles. The van der Waals surface area contributed by atoms with Crippen LogP contribution in [-0.2, 0) is 9.16 Å². The van der Waals surface area contributed by atoms with E-state index in [4.69, 9.17) is 9.16 Å². The molecular formula is C30H42N4O5SSi. The van der Waals surface area contributed by atoms with Crippen molar-refractivity contribution in [1.29, 1.82) is 0 Å². The molecule has 1 saturated heterocycles. The topological polar surface area (TPSA) is 99.7 Å². The number of carbonyl (C=O) groups excluding carboxylic acids is 1. The number of methoxy groups -OCH3 is 1. The minimum Gasteiger partial charge on any atom is -0.465 e. The number of fused-ring (bicyclic) bond motifs is 1. The van der Waals surface area contributed by atoms with Crippen LogP contribution in [0.2, 0.25) is 5.04 Å². The molecule has 1 aliphatic heterocycles. The molecule has 3 aromatic rings. The van der Waals surface area contributed by atoms with E-state index >= 15 is 0 Å². The van der Waals surface area contributed by atoms with Gasteiger partial charge in [-0.1, -0.05) is 46.1 Å². The zero-order valence-corrected chi connectivity index (χ0v) is 27.3. The van der Waals surface area contributed by atoms with Crippen molar-refractivity contribution in [1.82, 2.24) is 9.55 Å². The Labute approximate surface area is 248 Å². The molecule has 41 heavy (non-hydrogen) atoms. The Morgan fingerprint density at radius 2 is 1.85 bits per heavy atom. The molecule has 0 amide bonds. The molecule has 222 valence electrons. The van der Waals surface area contributed by atoms with Crippen LogP contribution in [0.5, 0.6) is 0 Å². The van der Waals surface area contributed by atoms with Gasteiger partial charge in [-0.2, -0.15) is 0 Å². The predicted molar refractivity (Wildman–Crippen MR) is 167 cm³/mol. The minimum atomic E-state index is -0.836. The Morgan fingerprint density at radius 3 is 2.51 bits per heavy atom. The van der Waals surface area contributed by atoms with Crippen LogP contribution in [0.4, 0.5) is 10.7 Å². The summed E-state index contributed by atoms with van der Waals surface area (Å²) in [5.74, 6) is -0.690. The van der Waals surface area contributed by atoms with Gasteiger partial charge in [0, 0.05) is 18.2 Å². The van der Waals surface area contributed by atoms with Crippen LogP contribution >= 0.6 is 11.3 Å². The quantitative estimate of drug-likeness (QED) is 0.119. The molecule has 5 rings (SSSR count). The van der Waals surface area contributed by atoms with E-state index in [1.54, 1.807) is 0 Å². The molecule has 0 N–H and O–H groups in total. The number of rotatable bonds is 8. The van der Waals surface area contributed by atoms with Gasteiger partial charge < -0.3 is 18.6 Å². The molecule has 0 unspecified atom stereocenters. The predicted octanol–water partition coefficient (Wildman–Crippen LogP) is 7.03. The highest BCUT2D eigenvalue weighted by molar-refractivity contribution is 7.20. The number of hydrogen-bond donors (Lipinski definition) is 0. The van der Waals surface area contributed by atoms with Crippen LogP contribution < -0.4 is 4.90 Å². The number of benzene rings is 1. The lowest BCUT2D eigenvalue weighted by Gasteiger charge is -2.40. The lowest BCUT2D eigenvalue weighted by Crippen LogP contribution is -2.49. The lowest BCUT2D eigenvalue weighted by atomic mass is 9.95. The van der Waals surface area contributed by atoms with Gasteiger partial charge in [0.25, 0.3) is 0 Å². The molecule has 0 spiro atoms. The van der Waals surface area contributed by atoms with Crippen LogP contribution in [0.25, 0.3) is 21.5 Å². The van der Waals surface area contributed by atoms with Gasteiger partial charge in [-0.3, -0.25) is 10.1 Å². The first-order valence-electron chi connectivity index (χ1n) is 14.7. The first kappa shape index (κ1) is 29.7. The van der Waals surface area contributed by atoms with E-state index in [-0.39, 0.29) is 22.3 Å². The Hall–Kier alpha value is -2.76. The second-order valence-electron chi connectivity index (χ2n) is 13.2. The number of anilines is 1. The average Bonchev–Trinajstić information content (AvgIpc) is 3.68. The molecule has 2 aromatic heterocycles. The number of nitro groups is 1. The number of ether oxygens (including phenoxy) is 1. The monoisotopic (exact) mass is 598 g/mol. The highest BCUT2D eigenvalue weighted by Crippen LogP contribution is 2.50. The third-order valence-corrected chi connectivity index (χ3v) is 11.5. The molecule has 9 nitrogen and oxygen atoms in total. The van der Waals surface area contributed by atoms with Crippen LogP contribution in [0.1, 0.15) is 96.0 Å². The zero-order valence-electron chi connectivity index (χ0n) is 25.1. The van der Waals surface area contributed by atoms with Crippen molar-refractivity contribution in [2.24, 2.45) is 0 Å². The number of thiophene rings is 1. The second-order valence-corrected chi connectivity index (χ2v) is 16.9. The number of aromatic nitrogens is 2. The molecule has 2 aliphatic rings. The third kappa shape index (κ3) is 5.94. The molecular weight excluding hydrogens is 557 g/mol. The normalized spacial score (nSPS) is 19.1. The first-order valence-corrected chi connectivity index (χ1v) is 16.8. The van der Waals surface area contributed by atoms with Gasteiger partial charge in [0.2, 0.25) is 0 Å². The standard InChI is InChI=1S/C30H42N4O5SSi/c1-29(2,3)41-39-30(4,5)23-13-10-16-32(23)27-24(28(35)38-6)25(34(36)37)26(40-27)19-14-15-22-21(17-19)31-18-33(22)20-11-8-7-9-12-20/h14-15,17-18,20,23H,7-13,16,41H2,1-6H3/t23-/m1/s1. The van der Waals surface area contributed by atoms with Crippen molar-refractivity contribution < 1.29 is 18.9 Å². The highest BCUT2D eigenvalue weighted by Gasteiger charge is 2.44. The zero-order chi connectivity index (χ0) is 29.5. The van der Waals surface area contributed by atoms with Crippen molar-refractivity contribution in [2.45, 2.75) is 102 Å². The molecule has 0 bridgehead atoms. The van der Waals surface area contributed by atoms with Crippen molar-refractivity contribution in [3.05, 3.63) is 40.2 Å². The summed E-state index contributed by atoms with van der Waals surface area (Å²) >= 11 is 1.30. The Bertz CT molecular complexity index is 1440. The van der Waals surface area contributed by atoms with E-state index in [2.05, 4.69) is 49.1 Å². The largest absolute Gasteiger partial charge is 0.465 e. The van der Waals surface area contributed by atoms with E-state index in [1.165, 1.54) is 37.7 Å². The molecule has 1 saturated carbocycles. The SMILES string of the molecule is COC(=O)c1c(N2CCC[C@@H]2C(C)(C)O[SiH2]C(C)(C)C)sc(-c2ccc3c(c2)ncn3C2CCCCC2)c1[N+](=O)[O-]. The van der Waals surface area contributed by atoms with Gasteiger partial charge in [0.05, 0.1) is 41.0 Å². The second kappa shape index (κ2) is 11.5. The summed E-state index contributed by atoms with van der Waals surface area (Å²) in [6, 6.07) is 6.28.